The number of para-hydroxylation sites is 1. The van der Waals surface area contributed by atoms with Gasteiger partial charge >= 0.3 is 0 Å². The molecule has 0 saturated carbocycles. The largest absolute Gasteiger partial charge is 0.456 e. The Balaban J connectivity index is 0.00000120. The number of nitrogens with two attached hydrogens (primary N) is 1. The van der Waals surface area contributed by atoms with E-state index in [-0.39, 0.29) is 18.4 Å². The zero-order valence-electron chi connectivity index (χ0n) is 10.2. The monoisotopic (exact) mass is 261 g/mol. The molecule has 2 N–H and O–H groups in total. The number of fused-ring (bicyclic) bond motifs is 3. The SMILES string of the molecule is CC(N)Cc1ccc2oc3ccccc3c2c1.Cl. The third-order valence-electron chi connectivity index (χ3n) is 3.00. The van der Waals surface area contributed by atoms with Gasteiger partial charge in [0.05, 0.1) is 0 Å². The zero-order valence-corrected chi connectivity index (χ0v) is 11.0. The highest BCUT2D eigenvalue weighted by molar-refractivity contribution is 6.04. The average Bonchev–Trinajstić information content (AvgIpc) is 2.66. The summed E-state index contributed by atoms with van der Waals surface area (Å²) in [5.41, 5.74) is 8.98. The molecule has 1 unspecified atom stereocenters. The first-order chi connectivity index (χ1) is 8.24. The predicted octanol–water partition coefficient (Wildman–Crippen LogP) is 3.90. The summed E-state index contributed by atoms with van der Waals surface area (Å²) in [6.45, 7) is 2.03. The van der Waals surface area contributed by atoms with Crippen LogP contribution in [0.3, 0.4) is 0 Å². The fourth-order valence-electron chi connectivity index (χ4n) is 2.27. The van der Waals surface area contributed by atoms with E-state index in [1.165, 1.54) is 16.3 Å². The number of hydrogen-bond donors (Lipinski definition) is 1. The van der Waals surface area contributed by atoms with E-state index in [1.54, 1.807) is 0 Å². The molecule has 1 aromatic heterocycles. The van der Waals surface area contributed by atoms with Crippen LogP contribution in [-0.2, 0) is 6.42 Å². The van der Waals surface area contributed by atoms with Gasteiger partial charge in [0.1, 0.15) is 11.2 Å². The summed E-state index contributed by atoms with van der Waals surface area (Å²) in [4.78, 5) is 0. The van der Waals surface area contributed by atoms with Gasteiger partial charge in [-0.05, 0) is 37.1 Å². The van der Waals surface area contributed by atoms with Gasteiger partial charge in [0.25, 0.3) is 0 Å². The summed E-state index contributed by atoms with van der Waals surface area (Å²) < 4.78 is 5.78. The molecule has 0 aliphatic carbocycles. The molecular formula is C15H16ClNO. The van der Waals surface area contributed by atoms with Crippen molar-refractivity contribution in [2.75, 3.05) is 0 Å². The van der Waals surface area contributed by atoms with E-state index in [0.29, 0.717) is 0 Å². The van der Waals surface area contributed by atoms with Crippen molar-refractivity contribution in [3.63, 3.8) is 0 Å². The van der Waals surface area contributed by atoms with Crippen molar-refractivity contribution in [3.05, 3.63) is 48.0 Å². The number of halogens is 1. The lowest BCUT2D eigenvalue weighted by Crippen LogP contribution is -2.17. The molecule has 0 saturated heterocycles. The van der Waals surface area contributed by atoms with Crippen molar-refractivity contribution in [2.45, 2.75) is 19.4 Å². The lowest BCUT2D eigenvalue weighted by atomic mass is 10.0. The van der Waals surface area contributed by atoms with Crippen LogP contribution in [0.15, 0.2) is 46.9 Å². The molecule has 2 nitrogen and oxygen atoms in total. The second-order valence-corrected chi connectivity index (χ2v) is 4.61. The Bertz CT molecular complexity index is 672. The fraction of sp³-hybridized carbons (Fsp3) is 0.200. The summed E-state index contributed by atoms with van der Waals surface area (Å²) in [5, 5.41) is 2.35. The van der Waals surface area contributed by atoms with E-state index < -0.39 is 0 Å². The molecule has 0 fully saturated rings. The van der Waals surface area contributed by atoms with Crippen molar-refractivity contribution in [2.24, 2.45) is 5.73 Å². The van der Waals surface area contributed by atoms with Crippen LogP contribution in [0.2, 0.25) is 0 Å². The molecule has 1 heterocycles. The van der Waals surface area contributed by atoms with Gasteiger partial charge in [-0.3, -0.25) is 0 Å². The standard InChI is InChI=1S/C15H15NO.ClH/c1-10(16)8-11-6-7-15-13(9-11)12-4-2-3-5-14(12)17-15;/h2-7,9-10H,8,16H2,1H3;1H. The highest BCUT2D eigenvalue weighted by Crippen LogP contribution is 2.29. The quantitative estimate of drug-likeness (QED) is 0.760. The second-order valence-electron chi connectivity index (χ2n) is 4.61. The number of hydrogen-bond acceptors (Lipinski definition) is 2. The lowest BCUT2D eigenvalue weighted by molar-refractivity contribution is 0.668. The molecule has 0 amide bonds. The molecule has 0 aliphatic rings. The van der Waals surface area contributed by atoms with Crippen LogP contribution in [-0.4, -0.2) is 6.04 Å². The van der Waals surface area contributed by atoms with Gasteiger partial charge in [0.2, 0.25) is 0 Å². The smallest absolute Gasteiger partial charge is 0.135 e. The van der Waals surface area contributed by atoms with Gasteiger partial charge in [-0.15, -0.1) is 12.4 Å². The Kier molecular flexibility index (Phi) is 3.60. The molecule has 0 aliphatic heterocycles. The van der Waals surface area contributed by atoms with Crippen LogP contribution in [0.4, 0.5) is 0 Å². The minimum absolute atomic E-state index is 0. The first-order valence-corrected chi connectivity index (χ1v) is 5.90. The normalized spacial score (nSPS) is 12.6. The first-order valence-electron chi connectivity index (χ1n) is 5.90. The molecule has 2 aromatic carbocycles. The Morgan fingerprint density at radius 3 is 2.56 bits per heavy atom. The fourth-order valence-corrected chi connectivity index (χ4v) is 2.27. The summed E-state index contributed by atoms with van der Waals surface area (Å²) in [5.74, 6) is 0. The van der Waals surface area contributed by atoms with E-state index in [2.05, 4.69) is 18.2 Å². The third-order valence-corrected chi connectivity index (χ3v) is 3.00. The Hall–Kier alpha value is -1.51. The lowest BCUT2D eigenvalue weighted by Gasteiger charge is -2.04. The van der Waals surface area contributed by atoms with Crippen molar-refractivity contribution >= 4 is 34.3 Å². The topological polar surface area (TPSA) is 39.2 Å². The Morgan fingerprint density at radius 1 is 1.06 bits per heavy atom. The van der Waals surface area contributed by atoms with E-state index in [0.717, 1.165) is 17.6 Å². The van der Waals surface area contributed by atoms with E-state index >= 15 is 0 Å². The maximum Gasteiger partial charge on any atom is 0.135 e. The summed E-state index contributed by atoms with van der Waals surface area (Å²) >= 11 is 0. The first kappa shape index (κ1) is 12.9. The molecule has 3 aromatic rings. The van der Waals surface area contributed by atoms with E-state index in [4.69, 9.17) is 10.2 Å². The van der Waals surface area contributed by atoms with Crippen LogP contribution in [0.1, 0.15) is 12.5 Å². The molecule has 0 spiro atoms. The van der Waals surface area contributed by atoms with Crippen LogP contribution in [0.5, 0.6) is 0 Å². The molecule has 0 radical (unpaired) electrons. The highest BCUT2D eigenvalue weighted by Gasteiger charge is 2.07. The van der Waals surface area contributed by atoms with Gasteiger partial charge in [0, 0.05) is 16.8 Å². The van der Waals surface area contributed by atoms with Gasteiger partial charge < -0.3 is 10.2 Å². The van der Waals surface area contributed by atoms with E-state index in [9.17, 15) is 0 Å². The van der Waals surface area contributed by atoms with Crippen LogP contribution >= 0.6 is 12.4 Å². The minimum atomic E-state index is 0. The average molecular weight is 262 g/mol. The molecule has 3 rings (SSSR count). The summed E-state index contributed by atoms with van der Waals surface area (Å²) in [7, 11) is 0. The second kappa shape index (κ2) is 5.01. The number of benzene rings is 2. The van der Waals surface area contributed by atoms with E-state index in [1.807, 2.05) is 31.2 Å². The Labute approximate surface area is 112 Å². The van der Waals surface area contributed by atoms with Crippen molar-refractivity contribution in [1.29, 1.82) is 0 Å². The number of rotatable bonds is 2. The van der Waals surface area contributed by atoms with Gasteiger partial charge in [0.15, 0.2) is 0 Å². The molecule has 94 valence electrons. The molecule has 0 bridgehead atoms. The van der Waals surface area contributed by atoms with Gasteiger partial charge in [-0.25, -0.2) is 0 Å². The maximum absolute atomic E-state index is 5.83. The van der Waals surface area contributed by atoms with Gasteiger partial charge in [-0.1, -0.05) is 24.3 Å². The number of furan rings is 1. The van der Waals surface area contributed by atoms with Gasteiger partial charge in [-0.2, -0.15) is 0 Å². The Morgan fingerprint density at radius 2 is 1.78 bits per heavy atom. The van der Waals surface area contributed by atoms with Crippen LogP contribution in [0, 0.1) is 0 Å². The predicted molar refractivity (Wildman–Crippen MR) is 78.3 cm³/mol. The molecule has 18 heavy (non-hydrogen) atoms. The summed E-state index contributed by atoms with van der Waals surface area (Å²) in [6.07, 6.45) is 0.898. The molecule has 3 heteroatoms. The van der Waals surface area contributed by atoms with Crippen LogP contribution in [0.25, 0.3) is 21.9 Å². The van der Waals surface area contributed by atoms with Crippen molar-refractivity contribution < 1.29 is 4.42 Å². The molecule has 1 atom stereocenters. The molecular weight excluding hydrogens is 246 g/mol. The summed E-state index contributed by atoms with van der Waals surface area (Å²) in [6, 6.07) is 14.6. The minimum Gasteiger partial charge on any atom is -0.456 e. The van der Waals surface area contributed by atoms with Crippen molar-refractivity contribution in [1.82, 2.24) is 0 Å². The maximum atomic E-state index is 5.83. The third kappa shape index (κ3) is 2.22. The van der Waals surface area contributed by atoms with Crippen molar-refractivity contribution in [3.8, 4) is 0 Å². The zero-order chi connectivity index (χ0) is 11.8. The van der Waals surface area contributed by atoms with Crippen LogP contribution < -0.4 is 5.73 Å². The highest BCUT2D eigenvalue weighted by atomic mass is 35.5.